The van der Waals surface area contributed by atoms with Crippen molar-refractivity contribution in [3.05, 3.63) is 113 Å². The maximum Gasteiger partial charge on any atom is 0.213 e. The van der Waals surface area contributed by atoms with Crippen LogP contribution in [0.4, 0.5) is 5.69 Å². The summed E-state index contributed by atoms with van der Waals surface area (Å²) in [6, 6.07) is 30.3. The minimum atomic E-state index is 0.947. The van der Waals surface area contributed by atoms with Gasteiger partial charge in [0.15, 0.2) is 6.20 Å². The molecular formula is C29H27N2S+. The molecule has 0 atom stereocenters. The van der Waals surface area contributed by atoms with Crippen molar-refractivity contribution in [2.45, 2.75) is 25.3 Å². The molecule has 0 fully saturated rings. The zero-order chi connectivity index (χ0) is 21.9. The Balaban J connectivity index is 1.67. The Kier molecular flexibility index (Phi) is 5.83. The van der Waals surface area contributed by atoms with Gasteiger partial charge in [-0.15, -0.1) is 0 Å². The lowest BCUT2D eigenvalue weighted by molar-refractivity contribution is -0.667. The summed E-state index contributed by atoms with van der Waals surface area (Å²) in [7, 11) is 0. The Morgan fingerprint density at radius 3 is 2.44 bits per heavy atom. The van der Waals surface area contributed by atoms with Crippen LogP contribution < -0.4 is 9.47 Å². The van der Waals surface area contributed by atoms with Crippen molar-refractivity contribution in [2.75, 3.05) is 11.4 Å². The third-order valence-electron chi connectivity index (χ3n) is 5.95. The van der Waals surface area contributed by atoms with E-state index in [0.717, 1.165) is 13.1 Å². The van der Waals surface area contributed by atoms with Crippen LogP contribution in [0.25, 0.3) is 22.6 Å². The van der Waals surface area contributed by atoms with Gasteiger partial charge in [-0.2, -0.15) is 4.57 Å². The molecule has 0 unspecified atom stereocenters. The van der Waals surface area contributed by atoms with Gasteiger partial charge in [0.05, 0.1) is 16.1 Å². The largest absolute Gasteiger partial charge is 0.335 e. The average Bonchev–Trinajstić information content (AvgIpc) is 3.21. The minimum Gasteiger partial charge on any atom is -0.335 e. The first kappa shape index (κ1) is 20.6. The standard InChI is InChI=1S/C29H27N2S/c1-3-30-19-18-23(25-14-8-9-15-26(25)30)20-24(22-12-6-5-7-13-22)21-29-31(4-2)27-16-10-11-17-28(27)32-29/h5-21H,3-4H2,1-2H3/q+1. The molecule has 2 heterocycles. The summed E-state index contributed by atoms with van der Waals surface area (Å²) in [4.78, 5) is 3.73. The monoisotopic (exact) mass is 435 g/mol. The molecular weight excluding hydrogens is 408 g/mol. The maximum atomic E-state index is 2.41. The van der Waals surface area contributed by atoms with E-state index < -0.39 is 0 Å². The van der Waals surface area contributed by atoms with Gasteiger partial charge in [0.2, 0.25) is 5.52 Å². The first-order valence-corrected chi connectivity index (χ1v) is 12.0. The number of fused-ring (bicyclic) bond motifs is 2. The molecule has 32 heavy (non-hydrogen) atoms. The van der Waals surface area contributed by atoms with Gasteiger partial charge in [-0.25, -0.2) is 0 Å². The molecule has 0 N–H and O–H groups in total. The number of allylic oxidation sites excluding steroid dienone is 2. The van der Waals surface area contributed by atoms with Crippen LogP contribution in [0.2, 0.25) is 0 Å². The van der Waals surface area contributed by atoms with Crippen LogP contribution in [0, 0.1) is 0 Å². The lowest BCUT2D eigenvalue weighted by Gasteiger charge is -2.18. The fourth-order valence-corrected chi connectivity index (χ4v) is 5.51. The first-order valence-electron chi connectivity index (χ1n) is 11.2. The molecule has 0 saturated heterocycles. The van der Waals surface area contributed by atoms with Crippen LogP contribution in [0.3, 0.4) is 0 Å². The van der Waals surface area contributed by atoms with E-state index in [0.29, 0.717) is 0 Å². The van der Waals surface area contributed by atoms with Crippen LogP contribution >= 0.6 is 11.8 Å². The van der Waals surface area contributed by atoms with Crippen molar-refractivity contribution in [3.8, 4) is 0 Å². The zero-order valence-electron chi connectivity index (χ0n) is 18.5. The summed E-state index contributed by atoms with van der Waals surface area (Å²) in [5.74, 6) is 0. The highest BCUT2D eigenvalue weighted by Crippen LogP contribution is 2.46. The topological polar surface area (TPSA) is 7.12 Å². The summed E-state index contributed by atoms with van der Waals surface area (Å²) in [5, 5.41) is 2.55. The molecule has 0 spiro atoms. The molecule has 0 radical (unpaired) electrons. The number of benzene rings is 3. The Morgan fingerprint density at radius 1 is 0.875 bits per heavy atom. The molecule has 3 aromatic carbocycles. The van der Waals surface area contributed by atoms with Crippen molar-refractivity contribution in [1.82, 2.24) is 0 Å². The van der Waals surface area contributed by atoms with Crippen molar-refractivity contribution in [3.63, 3.8) is 0 Å². The van der Waals surface area contributed by atoms with Gasteiger partial charge >= 0.3 is 0 Å². The molecule has 0 saturated carbocycles. The number of pyridine rings is 1. The SMILES string of the molecule is CCN1/C(=C/C(=C/c2cc[n+](CC)c3ccccc23)c2ccccc2)Sc2ccccc21. The van der Waals surface area contributed by atoms with Gasteiger partial charge in [0.25, 0.3) is 0 Å². The molecule has 4 aromatic rings. The molecule has 0 amide bonds. The van der Waals surface area contributed by atoms with Crippen LogP contribution in [0.1, 0.15) is 25.0 Å². The lowest BCUT2D eigenvalue weighted by Crippen LogP contribution is -2.32. The summed E-state index contributed by atoms with van der Waals surface area (Å²) >= 11 is 1.85. The molecule has 0 bridgehead atoms. The minimum absolute atomic E-state index is 0.947. The molecule has 5 rings (SSSR count). The van der Waals surface area contributed by atoms with Crippen LogP contribution in [0.15, 0.2) is 107 Å². The fourth-order valence-electron chi connectivity index (χ4n) is 4.34. The number of hydrogen-bond acceptors (Lipinski definition) is 2. The number of aromatic nitrogens is 1. The average molecular weight is 436 g/mol. The van der Waals surface area contributed by atoms with Gasteiger partial charge in [-0.1, -0.05) is 66.4 Å². The number of rotatable bonds is 5. The second-order valence-corrected chi connectivity index (χ2v) is 8.90. The number of aryl methyl sites for hydroxylation is 1. The van der Waals surface area contributed by atoms with E-state index in [9.17, 15) is 0 Å². The van der Waals surface area contributed by atoms with E-state index in [1.165, 1.54) is 43.2 Å². The zero-order valence-corrected chi connectivity index (χ0v) is 19.3. The highest BCUT2D eigenvalue weighted by molar-refractivity contribution is 8.03. The summed E-state index contributed by atoms with van der Waals surface area (Å²) in [5.41, 5.74) is 6.25. The molecule has 1 aliphatic rings. The predicted molar refractivity (Wildman–Crippen MR) is 138 cm³/mol. The van der Waals surface area contributed by atoms with E-state index >= 15 is 0 Å². The Labute approximate surface area is 194 Å². The quantitative estimate of drug-likeness (QED) is 0.307. The number of hydrogen-bond donors (Lipinski definition) is 0. The number of thioether (sulfide) groups is 1. The van der Waals surface area contributed by atoms with Gasteiger partial charge in [0, 0.05) is 23.6 Å². The van der Waals surface area contributed by atoms with Crippen LogP contribution in [-0.2, 0) is 6.54 Å². The molecule has 1 aliphatic heterocycles. The van der Waals surface area contributed by atoms with E-state index in [1.807, 2.05) is 11.8 Å². The second kappa shape index (κ2) is 9.05. The van der Waals surface area contributed by atoms with E-state index in [-0.39, 0.29) is 0 Å². The fraction of sp³-hybridized carbons (Fsp3) is 0.138. The molecule has 158 valence electrons. The summed E-state index contributed by atoms with van der Waals surface area (Å²) < 4.78 is 2.30. The van der Waals surface area contributed by atoms with E-state index in [1.54, 1.807) is 0 Å². The second-order valence-electron chi connectivity index (χ2n) is 7.84. The van der Waals surface area contributed by atoms with Gasteiger partial charge in [-0.05, 0) is 60.9 Å². The third kappa shape index (κ3) is 3.85. The van der Waals surface area contributed by atoms with Crippen molar-refractivity contribution in [1.29, 1.82) is 0 Å². The highest BCUT2D eigenvalue weighted by atomic mass is 32.2. The molecule has 1 aromatic heterocycles. The van der Waals surface area contributed by atoms with Crippen LogP contribution in [0.5, 0.6) is 0 Å². The Hall–Kier alpha value is -3.30. The first-order chi connectivity index (χ1) is 15.8. The third-order valence-corrected chi connectivity index (χ3v) is 7.06. The van der Waals surface area contributed by atoms with Crippen molar-refractivity contribution < 1.29 is 4.57 Å². The van der Waals surface area contributed by atoms with Crippen LogP contribution in [-0.4, -0.2) is 6.54 Å². The Bertz CT molecular complexity index is 1320. The highest BCUT2D eigenvalue weighted by Gasteiger charge is 2.23. The Morgan fingerprint density at radius 2 is 1.62 bits per heavy atom. The van der Waals surface area contributed by atoms with E-state index in [4.69, 9.17) is 0 Å². The number of anilines is 1. The lowest BCUT2D eigenvalue weighted by atomic mass is 10.0. The molecule has 2 nitrogen and oxygen atoms in total. The van der Waals surface area contributed by atoms with Gasteiger partial charge < -0.3 is 4.90 Å². The van der Waals surface area contributed by atoms with Crippen molar-refractivity contribution >= 4 is 40.0 Å². The normalized spacial score (nSPS) is 14.9. The van der Waals surface area contributed by atoms with Crippen molar-refractivity contribution in [2.24, 2.45) is 0 Å². The number of para-hydroxylation sites is 2. The summed E-state index contributed by atoms with van der Waals surface area (Å²) in [6.07, 6.45) is 6.88. The number of nitrogens with zero attached hydrogens (tertiary/aromatic N) is 2. The van der Waals surface area contributed by atoms with Gasteiger partial charge in [-0.3, -0.25) is 0 Å². The smallest absolute Gasteiger partial charge is 0.213 e. The maximum absolute atomic E-state index is 2.41. The molecule has 3 heteroatoms. The molecule has 0 aliphatic carbocycles. The van der Waals surface area contributed by atoms with E-state index in [2.05, 4.69) is 127 Å². The summed E-state index contributed by atoms with van der Waals surface area (Å²) in [6.45, 7) is 6.32. The van der Waals surface area contributed by atoms with Gasteiger partial charge in [0.1, 0.15) is 6.54 Å². The predicted octanol–water partition coefficient (Wildman–Crippen LogP) is 7.16.